The molecule has 2 aromatic carbocycles. The first kappa shape index (κ1) is 20.8. The largest absolute Gasteiger partial charge is 0.497 e. The number of pyridine rings is 1. The first-order chi connectivity index (χ1) is 15.0. The Morgan fingerprint density at radius 1 is 1.16 bits per heavy atom. The molecule has 0 radical (unpaired) electrons. The molecule has 1 heterocycles. The number of carbonyl (C=O) groups excluding carboxylic acids is 2. The Bertz CT molecular complexity index is 1130. The molecule has 4 rings (SSSR count). The van der Waals surface area contributed by atoms with E-state index in [4.69, 9.17) is 14.5 Å². The summed E-state index contributed by atoms with van der Waals surface area (Å²) in [5.74, 6) is 0.382. The van der Waals surface area contributed by atoms with Crippen molar-refractivity contribution in [2.45, 2.75) is 32.7 Å². The van der Waals surface area contributed by atoms with Crippen molar-refractivity contribution >= 4 is 22.8 Å². The highest BCUT2D eigenvalue weighted by Crippen LogP contribution is 2.32. The molecular weight excluding hydrogens is 392 g/mol. The predicted octanol–water partition coefficient (Wildman–Crippen LogP) is 3.84. The van der Waals surface area contributed by atoms with E-state index in [0.717, 1.165) is 52.7 Å². The van der Waals surface area contributed by atoms with Gasteiger partial charge in [-0.15, -0.1) is 0 Å². The van der Waals surface area contributed by atoms with Crippen molar-refractivity contribution in [2.24, 2.45) is 5.92 Å². The van der Waals surface area contributed by atoms with Crippen molar-refractivity contribution in [1.29, 1.82) is 0 Å². The van der Waals surface area contributed by atoms with Crippen LogP contribution in [0.2, 0.25) is 0 Å². The first-order valence-electron chi connectivity index (χ1n) is 10.5. The number of hydrogen-bond acceptors (Lipinski definition) is 5. The molecule has 0 saturated carbocycles. The molecular formula is C25H26N2O4. The van der Waals surface area contributed by atoms with Gasteiger partial charge in [0.05, 0.1) is 18.2 Å². The SMILES string of the molecule is COc1cccc(CNC(=O)COC(=O)c2c3c(nc4ccccc24)CCC(C)C3)c1. The lowest BCUT2D eigenvalue weighted by Crippen LogP contribution is -2.29. The molecule has 6 nitrogen and oxygen atoms in total. The number of nitrogens with one attached hydrogen (secondary N) is 1. The number of aromatic nitrogens is 1. The van der Waals surface area contributed by atoms with Gasteiger partial charge in [-0.1, -0.05) is 37.3 Å². The maximum Gasteiger partial charge on any atom is 0.339 e. The van der Waals surface area contributed by atoms with E-state index in [1.807, 2.05) is 48.5 Å². The van der Waals surface area contributed by atoms with Gasteiger partial charge in [0.25, 0.3) is 5.91 Å². The third kappa shape index (κ3) is 4.68. The number of ether oxygens (including phenoxy) is 2. The van der Waals surface area contributed by atoms with E-state index in [2.05, 4.69) is 12.2 Å². The summed E-state index contributed by atoms with van der Waals surface area (Å²) >= 11 is 0. The summed E-state index contributed by atoms with van der Waals surface area (Å²) in [5, 5.41) is 3.55. The Labute approximate surface area is 181 Å². The lowest BCUT2D eigenvalue weighted by atomic mass is 9.84. The predicted molar refractivity (Wildman–Crippen MR) is 118 cm³/mol. The van der Waals surface area contributed by atoms with Crippen LogP contribution in [0, 0.1) is 5.92 Å². The topological polar surface area (TPSA) is 77.5 Å². The summed E-state index contributed by atoms with van der Waals surface area (Å²) in [6, 6.07) is 15.0. The van der Waals surface area contributed by atoms with E-state index in [-0.39, 0.29) is 12.5 Å². The molecule has 0 spiro atoms. The van der Waals surface area contributed by atoms with Gasteiger partial charge in [-0.05, 0) is 54.5 Å². The average molecular weight is 418 g/mol. The molecule has 160 valence electrons. The zero-order valence-electron chi connectivity index (χ0n) is 17.8. The van der Waals surface area contributed by atoms with Crippen LogP contribution in [0.3, 0.4) is 0 Å². The highest BCUT2D eigenvalue weighted by atomic mass is 16.5. The van der Waals surface area contributed by atoms with Crippen LogP contribution in [-0.4, -0.2) is 30.6 Å². The van der Waals surface area contributed by atoms with Crippen LogP contribution in [-0.2, 0) is 28.9 Å². The van der Waals surface area contributed by atoms with E-state index >= 15 is 0 Å². The molecule has 1 aromatic heterocycles. The lowest BCUT2D eigenvalue weighted by Gasteiger charge is -2.24. The smallest absolute Gasteiger partial charge is 0.339 e. The molecule has 31 heavy (non-hydrogen) atoms. The van der Waals surface area contributed by atoms with E-state index in [1.165, 1.54) is 0 Å². The zero-order valence-corrected chi connectivity index (χ0v) is 17.8. The third-order valence-corrected chi connectivity index (χ3v) is 5.67. The fourth-order valence-electron chi connectivity index (χ4n) is 4.03. The molecule has 1 aliphatic rings. The second kappa shape index (κ2) is 9.16. The van der Waals surface area contributed by atoms with E-state index < -0.39 is 5.97 Å². The molecule has 1 N–H and O–H groups in total. The summed E-state index contributed by atoms with van der Waals surface area (Å²) in [6.45, 7) is 2.18. The van der Waals surface area contributed by atoms with Crippen LogP contribution in [0.25, 0.3) is 10.9 Å². The van der Waals surface area contributed by atoms with Gasteiger partial charge in [-0.25, -0.2) is 4.79 Å². The minimum atomic E-state index is -0.472. The van der Waals surface area contributed by atoms with E-state index in [9.17, 15) is 9.59 Å². The van der Waals surface area contributed by atoms with Gasteiger partial charge in [-0.2, -0.15) is 0 Å². The number of nitrogens with zero attached hydrogens (tertiary/aromatic N) is 1. The van der Waals surface area contributed by atoms with Crippen LogP contribution < -0.4 is 10.1 Å². The fourth-order valence-corrected chi connectivity index (χ4v) is 4.03. The number of esters is 1. The average Bonchev–Trinajstić information content (AvgIpc) is 2.79. The number of methoxy groups -OCH3 is 1. The highest BCUT2D eigenvalue weighted by Gasteiger charge is 2.26. The normalized spacial score (nSPS) is 15.2. The summed E-state index contributed by atoms with van der Waals surface area (Å²) in [5.41, 5.74) is 4.16. The second-order valence-electron chi connectivity index (χ2n) is 7.98. The lowest BCUT2D eigenvalue weighted by molar-refractivity contribution is -0.124. The van der Waals surface area contributed by atoms with Crippen molar-refractivity contribution in [3.05, 3.63) is 70.9 Å². The number of benzene rings is 2. The van der Waals surface area contributed by atoms with Crippen molar-refractivity contribution in [3.63, 3.8) is 0 Å². The number of fused-ring (bicyclic) bond motifs is 2. The van der Waals surface area contributed by atoms with Crippen LogP contribution in [0.4, 0.5) is 0 Å². The van der Waals surface area contributed by atoms with Crippen LogP contribution in [0.15, 0.2) is 48.5 Å². The number of para-hydroxylation sites is 1. The third-order valence-electron chi connectivity index (χ3n) is 5.67. The van der Waals surface area contributed by atoms with Crippen LogP contribution in [0.1, 0.15) is 40.5 Å². The fraction of sp³-hybridized carbons (Fsp3) is 0.320. The number of aryl methyl sites for hydroxylation is 1. The summed E-state index contributed by atoms with van der Waals surface area (Å²) in [6.07, 6.45) is 2.70. The minimum Gasteiger partial charge on any atom is -0.497 e. The van der Waals surface area contributed by atoms with E-state index in [1.54, 1.807) is 7.11 Å². The monoisotopic (exact) mass is 418 g/mol. The molecule has 1 unspecified atom stereocenters. The minimum absolute atomic E-state index is 0.330. The van der Waals surface area contributed by atoms with Crippen LogP contribution in [0.5, 0.6) is 5.75 Å². The Morgan fingerprint density at radius 3 is 2.84 bits per heavy atom. The number of hydrogen-bond donors (Lipinski definition) is 1. The zero-order chi connectivity index (χ0) is 21.8. The van der Waals surface area contributed by atoms with Gasteiger partial charge in [0, 0.05) is 17.6 Å². The number of amides is 1. The molecule has 1 amide bonds. The van der Waals surface area contributed by atoms with Crippen molar-refractivity contribution in [2.75, 3.05) is 13.7 Å². The Hall–Kier alpha value is -3.41. The second-order valence-corrected chi connectivity index (χ2v) is 7.98. The summed E-state index contributed by atoms with van der Waals surface area (Å²) in [4.78, 5) is 30.1. The van der Waals surface area contributed by atoms with Gasteiger partial charge < -0.3 is 14.8 Å². The molecule has 3 aromatic rings. The van der Waals surface area contributed by atoms with Crippen molar-refractivity contribution in [1.82, 2.24) is 10.3 Å². The van der Waals surface area contributed by atoms with Crippen molar-refractivity contribution < 1.29 is 19.1 Å². The maximum absolute atomic E-state index is 13.1. The Kier molecular flexibility index (Phi) is 6.16. The highest BCUT2D eigenvalue weighted by molar-refractivity contribution is 6.05. The van der Waals surface area contributed by atoms with Gasteiger partial charge in [0.15, 0.2) is 6.61 Å². The molecule has 1 aliphatic carbocycles. The quantitative estimate of drug-likeness (QED) is 0.616. The molecule has 1 atom stereocenters. The first-order valence-corrected chi connectivity index (χ1v) is 10.5. The molecule has 0 aliphatic heterocycles. The van der Waals surface area contributed by atoms with Gasteiger partial charge in [-0.3, -0.25) is 9.78 Å². The van der Waals surface area contributed by atoms with Crippen molar-refractivity contribution in [3.8, 4) is 5.75 Å². The van der Waals surface area contributed by atoms with Gasteiger partial charge in [0.2, 0.25) is 0 Å². The van der Waals surface area contributed by atoms with Gasteiger partial charge >= 0.3 is 5.97 Å². The number of rotatable bonds is 6. The molecule has 6 heteroatoms. The molecule has 0 fully saturated rings. The van der Waals surface area contributed by atoms with E-state index in [0.29, 0.717) is 18.0 Å². The summed E-state index contributed by atoms with van der Waals surface area (Å²) in [7, 11) is 1.60. The Morgan fingerprint density at radius 2 is 2.00 bits per heavy atom. The standard InChI is InChI=1S/C25H26N2O4/c1-16-10-11-22-20(12-16)24(19-8-3-4-9-21(19)27-22)25(29)31-15-23(28)26-14-17-6-5-7-18(13-17)30-2/h3-9,13,16H,10-12,14-15H2,1-2H3,(H,26,28). The maximum atomic E-state index is 13.1. The number of carbonyl (C=O) groups is 2. The summed E-state index contributed by atoms with van der Waals surface area (Å²) < 4.78 is 10.6. The molecule has 0 saturated heterocycles. The Balaban J connectivity index is 1.47. The van der Waals surface area contributed by atoms with Gasteiger partial charge in [0.1, 0.15) is 5.75 Å². The molecule has 0 bridgehead atoms. The van der Waals surface area contributed by atoms with Crippen LogP contribution >= 0.6 is 0 Å².